The molecule has 0 aromatic heterocycles. The van der Waals surface area contributed by atoms with Crippen molar-refractivity contribution in [1.29, 1.82) is 0 Å². The molecule has 4 rings (SSSR count). The highest BCUT2D eigenvalue weighted by Gasteiger charge is 2.56. The summed E-state index contributed by atoms with van der Waals surface area (Å²) in [4.78, 5) is 0. The molecule has 2 heterocycles. The van der Waals surface area contributed by atoms with Crippen molar-refractivity contribution in [3.8, 4) is 0 Å². The minimum absolute atomic E-state index is 0.226. The summed E-state index contributed by atoms with van der Waals surface area (Å²) in [6, 6.07) is 2.49. The molecular weight excluding hydrogens is 449 g/mol. The van der Waals surface area contributed by atoms with Gasteiger partial charge in [-0.25, -0.2) is 0 Å². The third kappa shape index (κ3) is 6.00. The van der Waals surface area contributed by atoms with E-state index in [0.717, 1.165) is 23.7 Å². The van der Waals surface area contributed by atoms with Gasteiger partial charge in [0.2, 0.25) is 0 Å². The molecule has 4 fully saturated rings. The summed E-state index contributed by atoms with van der Waals surface area (Å²) in [7, 11) is -4.68. The third-order valence-corrected chi connectivity index (χ3v) is 19.2. The Morgan fingerprint density at radius 3 is 1.53 bits per heavy atom. The van der Waals surface area contributed by atoms with E-state index < -0.39 is 25.9 Å². The first-order chi connectivity index (χ1) is 14.7. The molecule has 0 bridgehead atoms. The quantitative estimate of drug-likeness (QED) is 0.248. The number of hydrogen-bond acceptors (Lipinski definition) is 4. The molecule has 2 aliphatic carbocycles. The normalized spacial score (nSPS) is 41.1. The molecule has 7 heteroatoms. The van der Waals surface area contributed by atoms with Crippen LogP contribution >= 0.6 is 0 Å². The van der Waals surface area contributed by atoms with Crippen LogP contribution in [0.3, 0.4) is 0 Å². The predicted octanol–water partition coefficient (Wildman–Crippen LogP) is 6.74. The van der Waals surface area contributed by atoms with Crippen LogP contribution in [0.25, 0.3) is 0 Å². The molecule has 0 aromatic carbocycles. The zero-order valence-corrected chi connectivity index (χ0v) is 25.3. The molecular formula is C25H49O4Si3. The van der Waals surface area contributed by atoms with Crippen LogP contribution < -0.4 is 0 Å². The molecule has 2 saturated carbocycles. The van der Waals surface area contributed by atoms with E-state index in [0.29, 0.717) is 12.2 Å². The lowest BCUT2D eigenvalue weighted by Gasteiger charge is -2.37. The van der Waals surface area contributed by atoms with Crippen molar-refractivity contribution < 1.29 is 17.7 Å². The lowest BCUT2D eigenvalue weighted by molar-refractivity contribution is 0.268. The zero-order chi connectivity index (χ0) is 23.5. The molecule has 4 nitrogen and oxygen atoms in total. The maximum atomic E-state index is 6.76. The molecule has 185 valence electrons. The molecule has 0 aromatic rings. The largest absolute Gasteiger partial charge is 0.436 e. The lowest BCUT2D eigenvalue weighted by Crippen LogP contribution is -2.46. The van der Waals surface area contributed by atoms with Crippen molar-refractivity contribution in [2.75, 3.05) is 0 Å². The predicted molar refractivity (Wildman–Crippen MR) is 138 cm³/mol. The standard InChI is InChI=1S/C25H49O4Si3/c1-18(20-10-12-24(3)22(14-20)26-24)16-31(6,7)28-30(5)29-32(8,9)17-19(2)21-11-13-25(4)23(15-21)27-25/h18-23H,10-17H2,1-9H3. The van der Waals surface area contributed by atoms with Gasteiger partial charge in [-0.1, -0.05) is 13.8 Å². The van der Waals surface area contributed by atoms with Crippen LogP contribution in [0.5, 0.6) is 0 Å². The maximum Gasteiger partial charge on any atom is 0.359 e. The summed E-state index contributed by atoms with van der Waals surface area (Å²) in [6.07, 6.45) is 8.70. The maximum absolute atomic E-state index is 6.76. The lowest BCUT2D eigenvalue weighted by atomic mass is 9.77. The highest BCUT2D eigenvalue weighted by atomic mass is 28.4. The Bertz CT molecular complexity index is 632. The highest BCUT2D eigenvalue weighted by molar-refractivity contribution is 6.81. The van der Waals surface area contributed by atoms with Crippen LogP contribution in [0.4, 0.5) is 0 Å². The Balaban J connectivity index is 1.21. The summed E-state index contributed by atoms with van der Waals surface area (Å²) in [5, 5.41) is 0. The molecule has 2 aliphatic heterocycles. The molecule has 4 aliphatic rings. The van der Waals surface area contributed by atoms with Gasteiger partial charge in [-0.15, -0.1) is 0 Å². The number of rotatable bonds is 10. The SMILES string of the molecule is CC(C[Si](C)(C)O[Si](C)O[Si](C)(C)CC(C)C1CCC2(C)OC2C1)C1CCC2(C)OC2C1. The van der Waals surface area contributed by atoms with Crippen LogP contribution in [0.1, 0.15) is 66.2 Å². The first-order valence-corrected chi connectivity index (χ1v) is 21.3. The van der Waals surface area contributed by atoms with Crippen molar-refractivity contribution in [2.45, 2.75) is 134 Å². The first kappa shape index (κ1) is 25.6. The van der Waals surface area contributed by atoms with Gasteiger partial charge in [0.1, 0.15) is 0 Å². The van der Waals surface area contributed by atoms with E-state index >= 15 is 0 Å². The molecule has 0 amide bonds. The van der Waals surface area contributed by atoms with Gasteiger partial charge in [0, 0.05) is 0 Å². The molecule has 32 heavy (non-hydrogen) atoms. The van der Waals surface area contributed by atoms with Crippen molar-refractivity contribution in [1.82, 2.24) is 0 Å². The number of epoxide rings is 2. The summed E-state index contributed by atoms with van der Waals surface area (Å²) < 4.78 is 25.4. The number of fused-ring (bicyclic) bond motifs is 2. The van der Waals surface area contributed by atoms with Gasteiger partial charge in [0.25, 0.3) is 0 Å². The Hall–Kier alpha value is 0.491. The van der Waals surface area contributed by atoms with E-state index in [2.05, 4.69) is 60.4 Å². The molecule has 1 radical (unpaired) electrons. The summed E-state index contributed by atoms with van der Waals surface area (Å²) in [6.45, 7) is 21.4. The van der Waals surface area contributed by atoms with Gasteiger partial charge >= 0.3 is 9.28 Å². The second kappa shape index (κ2) is 8.86. The van der Waals surface area contributed by atoms with E-state index in [9.17, 15) is 0 Å². The van der Waals surface area contributed by atoms with Crippen LogP contribution in [-0.4, -0.2) is 49.3 Å². The van der Waals surface area contributed by atoms with Crippen LogP contribution in [0.15, 0.2) is 0 Å². The number of hydrogen-bond donors (Lipinski definition) is 0. The minimum Gasteiger partial charge on any atom is -0.436 e. The van der Waals surface area contributed by atoms with Crippen molar-refractivity contribution in [2.24, 2.45) is 23.7 Å². The Kier molecular flexibility index (Phi) is 7.08. The summed E-state index contributed by atoms with van der Waals surface area (Å²) in [5.74, 6) is 3.07. The van der Waals surface area contributed by atoms with Crippen molar-refractivity contribution in [3.05, 3.63) is 0 Å². The van der Waals surface area contributed by atoms with Crippen LogP contribution in [0.2, 0.25) is 44.8 Å². The molecule has 8 atom stereocenters. The van der Waals surface area contributed by atoms with E-state index in [1.807, 2.05) is 0 Å². The molecule has 0 spiro atoms. The van der Waals surface area contributed by atoms with Crippen LogP contribution in [0, 0.1) is 23.7 Å². The fourth-order valence-electron chi connectivity index (χ4n) is 7.15. The summed E-state index contributed by atoms with van der Waals surface area (Å²) in [5.41, 5.74) is 0.451. The fraction of sp³-hybridized carbons (Fsp3) is 1.00. The Morgan fingerprint density at radius 1 is 0.812 bits per heavy atom. The van der Waals surface area contributed by atoms with E-state index in [1.165, 1.54) is 50.6 Å². The molecule has 0 N–H and O–H groups in total. The van der Waals surface area contributed by atoms with Crippen LogP contribution in [-0.2, 0) is 17.7 Å². The van der Waals surface area contributed by atoms with Gasteiger partial charge in [-0.05, 0) is 121 Å². The molecule has 2 saturated heterocycles. The molecule has 8 unspecified atom stereocenters. The van der Waals surface area contributed by atoms with Crippen molar-refractivity contribution in [3.63, 3.8) is 0 Å². The van der Waals surface area contributed by atoms with Crippen molar-refractivity contribution >= 4 is 25.9 Å². The van der Waals surface area contributed by atoms with E-state index in [1.54, 1.807) is 0 Å². The second-order valence-corrected chi connectivity index (χ2v) is 24.0. The fourth-order valence-corrected chi connectivity index (χ4v) is 18.3. The van der Waals surface area contributed by atoms with Gasteiger partial charge in [-0.3, -0.25) is 0 Å². The van der Waals surface area contributed by atoms with Gasteiger partial charge in [0.05, 0.1) is 23.4 Å². The van der Waals surface area contributed by atoms with Gasteiger partial charge in [0.15, 0.2) is 16.6 Å². The highest BCUT2D eigenvalue weighted by Crippen LogP contribution is 2.52. The first-order valence-electron chi connectivity index (χ1n) is 13.3. The topological polar surface area (TPSA) is 43.5 Å². The number of ether oxygens (including phenoxy) is 2. The smallest absolute Gasteiger partial charge is 0.359 e. The zero-order valence-electron chi connectivity index (χ0n) is 22.3. The van der Waals surface area contributed by atoms with Gasteiger partial charge < -0.3 is 17.7 Å². The van der Waals surface area contributed by atoms with E-state index in [4.69, 9.17) is 17.7 Å². The minimum atomic E-state index is -1.74. The Labute approximate surface area is 201 Å². The Morgan fingerprint density at radius 2 is 1.19 bits per heavy atom. The second-order valence-electron chi connectivity index (χ2n) is 13.5. The summed E-state index contributed by atoms with van der Waals surface area (Å²) >= 11 is 0. The van der Waals surface area contributed by atoms with E-state index in [-0.39, 0.29) is 11.2 Å². The average Bonchev–Trinajstić information content (AvgIpc) is 3.50. The van der Waals surface area contributed by atoms with Gasteiger partial charge in [-0.2, -0.15) is 0 Å². The monoisotopic (exact) mass is 497 g/mol. The average molecular weight is 498 g/mol. The third-order valence-electron chi connectivity index (χ3n) is 9.20.